The second kappa shape index (κ2) is 6.79. The molecule has 0 spiro atoms. The van der Waals surface area contributed by atoms with Gasteiger partial charge < -0.3 is 11.1 Å². The maximum absolute atomic E-state index is 11.8. The van der Waals surface area contributed by atoms with Gasteiger partial charge in [0.1, 0.15) is 0 Å². The van der Waals surface area contributed by atoms with Crippen molar-refractivity contribution in [1.29, 1.82) is 0 Å². The van der Waals surface area contributed by atoms with Crippen molar-refractivity contribution in [3.63, 3.8) is 0 Å². The van der Waals surface area contributed by atoms with Crippen LogP contribution in [0.4, 0.5) is 5.69 Å². The van der Waals surface area contributed by atoms with E-state index < -0.39 is 0 Å². The van der Waals surface area contributed by atoms with Crippen molar-refractivity contribution in [2.75, 3.05) is 5.32 Å². The summed E-state index contributed by atoms with van der Waals surface area (Å²) in [4.78, 5) is 11.8. The molecule has 2 aromatic carbocycles. The van der Waals surface area contributed by atoms with Crippen LogP contribution in [0, 0.1) is 0 Å². The number of carbonyl (C=O) groups is 1. The number of nitrogens with two attached hydrogens (primary N) is 1. The van der Waals surface area contributed by atoms with Gasteiger partial charge in [-0.25, -0.2) is 0 Å². The van der Waals surface area contributed by atoms with Crippen LogP contribution in [0.15, 0.2) is 54.6 Å². The Morgan fingerprint density at radius 1 is 1.00 bits per heavy atom. The first-order valence-electron chi connectivity index (χ1n) is 5.45. The van der Waals surface area contributed by atoms with E-state index in [1.165, 1.54) is 0 Å². The maximum atomic E-state index is 11.8. The van der Waals surface area contributed by atoms with E-state index in [2.05, 4.69) is 5.32 Å². The van der Waals surface area contributed by atoms with Crippen LogP contribution in [-0.4, -0.2) is 5.91 Å². The van der Waals surface area contributed by atoms with Gasteiger partial charge in [0.15, 0.2) is 0 Å². The highest BCUT2D eigenvalue weighted by Crippen LogP contribution is 2.10. The van der Waals surface area contributed by atoms with E-state index in [4.69, 9.17) is 5.73 Å². The molecule has 0 saturated heterocycles. The number of amides is 1. The zero-order valence-corrected chi connectivity index (χ0v) is 10.6. The lowest BCUT2D eigenvalue weighted by atomic mass is 10.2. The summed E-state index contributed by atoms with van der Waals surface area (Å²) in [6, 6.07) is 16.6. The van der Waals surface area contributed by atoms with Crippen molar-refractivity contribution < 1.29 is 4.79 Å². The third-order valence-corrected chi connectivity index (χ3v) is 2.48. The number of carbonyl (C=O) groups excluding carboxylic acids is 1. The Kier molecular flexibility index (Phi) is 5.36. The molecule has 0 radical (unpaired) electrons. The van der Waals surface area contributed by atoms with Crippen molar-refractivity contribution in [1.82, 2.24) is 0 Å². The molecule has 0 aliphatic heterocycles. The highest BCUT2D eigenvalue weighted by atomic mass is 35.5. The molecule has 0 heterocycles. The Bertz CT molecular complexity index is 497. The zero-order chi connectivity index (χ0) is 12.1. The van der Waals surface area contributed by atoms with Crippen LogP contribution in [0.3, 0.4) is 0 Å². The first-order valence-corrected chi connectivity index (χ1v) is 5.45. The van der Waals surface area contributed by atoms with Crippen molar-refractivity contribution in [3.05, 3.63) is 65.7 Å². The van der Waals surface area contributed by atoms with E-state index in [0.29, 0.717) is 12.1 Å². The molecule has 3 N–H and O–H groups in total. The van der Waals surface area contributed by atoms with Crippen molar-refractivity contribution in [3.8, 4) is 0 Å². The molecule has 2 rings (SSSR count). The predicted molar refractivity (Wildman–Crippen MR) is 76.0 cm³/mol. The Morgan fingerprint density at radius 2 is 1.61 bits per heavy atom. The Balaban J connectivity index is 0.00000162. The summed E-state index contributed by atoms with van der Waals surface area (Å²) in [5, 5.41) is 2.83. The first-order chi connectivity index (χ1) is 8.29. The summed E-state index contributed by atoms with van der Waals surface area (Å²) in [5.41, 5.74) is 7.97. The number of benzene rings is 2. The van der Waals surface area contributed by atoms with Crippen LogP contribution in [0.2, 0.25) is 0 Å². The fourth-order valence-corrected chi connectivity index (χ4v) is 1.52. The second-order valence-corrected chi connectivity index (χ2v) is 3.72. The van der Waals surface area contributed by atoms with Crippen LogP contribution in [-0.2, 0) is 6.54 Å². The molecule has 0 aliphatic carbocycles. The minimum absolute atomic E-state index is 0. The lowest BCUT2D eigenvalue weighted by Crippen LogP contribution is -2.11. The Hall–Kier alpha value is -1.84. The molecule has 18 heavy (non-hydrogen) atoms. The summed E-state index contributed by atoms with van der Waals surface area (Å²) in [7, 11) is 0. The molecule has 0 unspecified atom stereocenters. The Morgan fingerprint density at radius 3 is 2.17 bits per heavy atom. The van der Waals surface area contributed by atoms with Gasteiger partial charge in [-0.3, -0.25) is 4.79 Å². The maximum Gasteiger partial charge on any atom is 0.255 e. The molecule has 94 valence electrons. The third kappa shape index (κ3) is 3.58. The summed E-state index contributed by atoms with van der Waals surface area (Å²) < 4.78 is 0. The van der Waals surface area contributed by atoms with Gasteiger partial charge in [-0.05, 0) is 29.8 Å². The molecule has 0 fully saturated rings. The minimum atomic E-state index is -0.105. The molecular formula is C14H15ClN2O. The van der Waals surface area contributed by atoms with Crippen LogP contribution in [0.25, 0.3) is 0 Å². The summed E-state index contributed by atoms with van der Waals surface area (Å²) in [6.45, 7) is 0.507. The number of hydrogen-bond acceptors (Lipinski definition) is 2. The minimum Gasteiger partial charge on any atom is -0.326 e. The summed E-state index contributed by atoms with van der Waals surface area (Å²) >= 11 is 0. The standard InChI is InChI=1S/C14H14N2O.ClH/c15-10-11-6-8-13(9-7-11)16-14(17)12-4-2-1-3-5-12;/h1-9H,10,15H2,(H,16,17);1H. The molecule has 2 aromatic rings. The first kappa shape index (κ1) is 14.2. The van der Waals surface area contributed by atoms with Crippen LogP contribution in [0.1, 0.15) is 15.9 Å². The zero-order valence-electron chi connectivity index (χ0n) is 9.80. The quantitative estimate of drug-likeness (QED) is 0.894. The molecule has 4 heteroatoms. The smallest absolute Gasteiger partial charge is 0.255 e. The van der Waals surface area contributed by atoms with Gasteiger partial charge in [-0.1, -0.05) is 30.3 Å². The number of halogens is 1. The lowest BCUT2D eigenvalue weighted by Gasteiger charge is -2.05. The predicted octanol–water partition coefficient (Wildman–Crippen LogP) is 2.82. The normalized spacial score (nSPS) is 9.39. The molecule has 0 atom stereocenters. The Labute approximate surface area is 112 Å². The molecule has 0 bridgehead atoms. The fourth-order valence-electron chi connectivity index (χ4n) is 1.52. The molecule has 0 saturated carbocycles. The highest BCUT2D eigenvalue weighted by Gasteiger charge is 2.04. The lowest BCUT2D eigenvalue weighted by molar-refractivity contribution is 0.102. The largest absolute Gasteiger partial charge is 0.326 e. The van der Waals surface area contributed by atoms with E-state index in [0.717, 1.165) is 11.3 Å². The molecule has 3 nitrogen and oxygen atoms in total. The van der Waals surface area contributed by atoms with Gasteiger partial charge in [0.05, 0.1) is 0 Å². The topological polar surface area (TPSA) is 55.1 Å². The number of rotatable bonds is 3. The van der Waals surface area contributed by atoms with E-state index in [1.54, 1.807) is 12.1 Å². The summed E-state index contributed by atoms with van der Waals surface area (Å²) in [5.74, 6) is -0.105. The van der Waals surface area contributed by atoms with Crippen molar-refractivity contribution in [2.24, 2.45) is 5.73 Å². The summed E-state index contributed by atoms with van der Waals surface area (Å²) in [6.07, 6.45) is 0. The van der Waals surface area contributed by atoms with E-state index in [9.17, 15) is 4.79 Å². The van der Waals surface area contributed by atoms with E-state index in [1.807, 2.05) is 42.5 Å². The highest BCUT2D eigenvalue weighted by molar-refractivity contribution is 6.04. The average molecular weight is 263 g/mol. The van der Waals surface area contributed by atoms with Gasteiger partial charge in [0.2, 0.25) is 0 Å². The number of nitrogens with one attached hydrogen (secondary N) is 1. The van der Waals surface area contributed by atoms with Gasteiger partial charge in [0, 0.05) is 17.8 Å². The number of hydrogen-bond donors (Lipinski definition) is 2. The van der Waals surface area contributed by atoms with Crippen LogP contribution < -0.4 is 11.1 Å². The van der Waals surface area contributed by atoms with Gasteiger partial charge in [0.25, 0.3) is 5.91 Å². The average Bonchev–Trinajstić information content (AvgIpc) is 2.40. The monoisotopic (exact) mass is 262 g/mol. The van der Waals surface area contributed by atoms with E-state index in [-0.39, 0.29) is 18.3 Å². The van der Waals surface area contributed by atoms with Crippen molar-refractivity contribution >= 4 is 24.0 Å². The molecular weight excluding hydrogens is 248 g/mol. The molecule has 0 aliphatic rings. The van der Waals surface area contributed by atoms with E-state index >= 15 is 0 Å². The van der Waals surface area contributed by atoms with Gasteiger partial charge in [-0.2, -0.15) is 0 Å². The van der Waals surface area contributed by atoms with Gasteiger partial charge in [-0.15, -0.1) is 12.4 Å². The van der Waals surface area contributed by atoms with Crippen LogP contribution in [0.5, 0.6) is 0 Å². The molecule has 0 aromatic heterocycles. The molecule has 1 amide bonds. The second-order valence-electron chi connectivity index (χ2n) is 3.72. The number of anilines is 1. The fraction of sp³-hybridized carbons (Fsp3) is 0.0714. The third-order valence-electron chi connectivity index (χ3n) is 2.48. The van der Waals surface area contributed by atoms with Gasteiger partial charge >= 0.3 is 0 Å². The van der Waals surface area contributed by atoms with Crippen LogP contribution >= 0.6 is 12.4 Å². The van der Waals surface area contributed by atoms with Crippen molar-refractivity contribution in [2.45, 2.75) is 6.54 Å². The SMILES string of the molecule is Cl.NCc1ccc(NC(=O)c2ccccc2)cc1.